The van der Waals surface area contributed by atoms with E-state index in [1.807, 2.05) is 24.3 Å². The number of rotatable bonds is 10. The molecule has 3 N–H and O–H groups in total. The Morgan fingerprint density at radius 1 is 1.14 bits per heavy atom. The Labute approximate surface area is 210 Å². The fourth-order valence-corrected chi connectivity index (χ4v) is 4.30. The minimum Gasteiger partial charge on any atom is -0.480 e. The number of hydrogen-bond donors (Lipinski definition) is 3. The van der Waals surface area contributed by atoms with E-state index >= 15 is 0 Å². The smallest absolute Gasteiger partial charge is 0.407 e. The van der Waals surface area contributed by atoms with Crippen molar-refractivity contribution in [1.82, 2.24) is 20.4 Å². The number of imide groups is 1. The number of aliphatic carboxylic acids is 1. The van der Waals surface area contributed by atoms with Crippen molar-refractivity contribution in [1.29, 1.82) is 0 Å². The second kappa shape index (κ2) is 11.4. The van der Waals surface area contributed by atoms with E-state index in [2.05, 4.69) is 10.6 Å². The number of urea groups is 1. The summed E-state index contributed by atoms with van der Waals surface area (Å²) in [4.78, 5) is 63.9. The van der Waals surface area contributed by atoms with Crippen molar-refractivity contribution in [2.75, 3.05) is 13.1 Å². The quantitative estimate of drug-likeness (QED) is 0.328. The molecule has 11 nitrogen and oxygen atoms in total. The molecule has 2 aliphatic heterocycles. The number of carbonyl (C=O) groups is 5. The number of carboxylic acids is 1. The average Bonchev–Trinajstić information content (AvgIpc) is 3.02. The number of fused-ring (bicyclic) bond motifs is 2. The van der Waals surface area contributed by atoms with Gasteiger partial charge in [0.2, 0.25) is 5.91 Å². The molecule has 0 aliphatic carbocycles. The van der Waals surface area contributed by atoms with Gasteiger partial charge in [0, 0.05) is 32.5 Å². The fraction of sp³-hybridized carbons (Fsp3) is 0.560. The van der Waals surface area contributed by atoms with E-state index in [9.17, 15) is 29.1 Å². The highest BCUT2D eigenvalue weighted by Crippen LogP contribution is 2.30. The molecule has 5 amide bonds. The third kappa shape index (κ3) is 6.96. The van der Waals surface area contributed by atoms with Crippen molar-refractivity contribution in [3.63, 3.8) is 0 Å². The number of unbranched alkanes of at least 4 members (excludes halogenated alkanes) is 1. The summed E-state index contributed by atoms with van der Waals surface area (Å²) in [6.07, 6.45) is 0.842. The molecule has 1 aromatic carbocycles. The van der Waals surface area contributed by atoms with Gasteiger partial charge in [0.25, 0.3) is 5.91 Å². The molecule has 2 aliphatic rings. The van der Waals surface area contributed by atoms with Crippen LogP contribution in [0, 0.1) is 0 Å². The Bertz CT molecular complexity index is 977. The van der Waals surface area contributed by atoms with Crippen LogP contribution in [0.5, 0.6) is 0 Å². The second-order valence-electron chi connectivity index (χ2n) is 10.0. The number of amides is 5. The lowest BCUT2D eigenvalue weighted by molar-refractivity contribution is -0.142. The molecule has 0 radical (unpaired) electrons. The van der Waals surface area contributed by atoms with E-state index in [1.54, 1.807) is 20.8 Å². The van der Waals surface area contributed by atoms with Gasteiger partial charge in [0.15, 0.2) is 0 Å². The van der Waals surface area contributed by atoms with Gasteiger partial charge < -0.3 is 25.4 Å². The Hall–Kier alpha value is -3.63. The summed E-state index contributed by atoms with van der Waals surface area (Å²) in [5.74, 6) is -2.07. The molecule has 2 heterocycles. The number of nitrogens with one attached hydrogen (secondary N) is 2. The second-order valence-corrected chi connectivity index (χ2v) is 10.0. The minimum absolute atomic E-state index is 0.112. The Morgan fingerprint density at radius 3 is 2.50 bits per heavy atom. The van der Waals surface area contributed by atoms with E-state index in [0.717, 1.165) is 16.0 Å². The van der Waals surface area contributed by atoms with Crippen LogP contribution in [-0.4, -0.2) is 75.6 Å². The van der Waals surface area contributed by atoms with E-state index in [4.69, 9.17) is 4.74 Å². The Morgan fingerprint density at radius 2 is 1.83 bits per heavy atom. The van der Waals surface area contributed by atoms with Gasteiger partial charge in [-0.2, -0.15) is 0 Å². The molecule has 1 fully saturated rings. The molecule has 0 bridgehead atoms. The van der Waals surface area contributed by atoms with Crippen LogP contribution in [0.4, 0.5) is 9.59 Å². The molecular weight excluding hydrogens is 468 g/mol. The van der Waals surface area contributed by atoms with Gasteiger partial charge in [-0.15, -0.1) is 0 Å². The van der Waals surface area contributed by atoms with E-state index in [0.29, 0.717) is 32.4 Å². The minimum atomic E-state index is -1.17. The molecule has 3 rings (SSSR count). The summed E-state index contributed by atoms with van der Waals surface area (Å²) in [5.41, 5.74) is 1.43. The van der Waals surface area contributed by atoms with Gasteiger partial charge in [0.1, 0.15) is 17.7 Å². The van der Waals surface area contributed by atoms with Gasteiger partial charge in [-0.25, -0.2) is 14.4 Å². The molecule has 0 saturated carbocycles. The standard InChI is InChI=1S/C25H34N4O7/c1-25(2,3)36-23(34)26-12-7-6-10-18(22(32)33)27-20(30)11-13-28-21(31)19-14-16-8-4-5-9-17(16)15-29(19)24(28)35/h4-5,8-9,18-19H,6-7,10-15H2,1-3H3,(H,26,34)(H,27,30)(H,32,33)/t18-,19-/m0/s1. The SMILES string of the molecule is CC(C)(C)OC(=O)NCCCC[C@H](NC(=O)CCN1C(=O)[C@@H]2Cc3ccccc3CN2C1=O)C(=O)O. The van der Waals surface area contributed by atoms with Gasteiger partial charge >= 0.3 is 18.1 Å². The van der Waals surface area contributed by atoms with Crippen molar-refractivity contribution < 1.29 is 33.8 Å². The Balaban J connectivity index is 1.42. The molecule has 196 valence electrons. The van der Waals surface area contributed by atoms with Gasteiger partial charge in [-0.3, -0.25) is 14.5 Å². The van der Waals surface area contributed by atoms with Gasteiger partial charge in [-0.05, 0) is 51.2 Å². The molecule has 11 heteroatoms. The first-order valence-corrected chi connectivity index (χ1v) is 12.1. The summed E-state index contributed by atoms with van der Waals surface area (Å²) in [6.45, 7) is 5.82. The lowest BCUT2D eigenvalue weighted by Crippen LogP contribution is -2.43. The van der Waals surface area contributed by atoms with Crippen LogP contribution in [0.3, 0.4) is 0 Å². The van der Waals surface area contributed by atoms with Crippen molar-refractivity contribution in [2.45, 2.75) is 77.1 Å². The summed E-state index contributed by atoms with van der Waals surface area (Å²) >= 11 is 0. The maximum absolute atomic E-state index is 12.8. The molecule has 1 aromatic rings. The zero-order chi connectivity index (χ0) is 26.5. The molecule has 2 atom stereocenters. The van der Waals surface area contributed by atoms with Gasteiger partial charge in [-0.1, -0.05) is 24.3 Å². The number of alkyl carbamates (subject to hydrolysis) is 1. The normalized spacial score (nSPS) is 17.8. The molecule has 0 aromatic heterocycles. The summed E-state index contributed by atoms with van der Waals surface area (Å²) in [5, 5.41) is 14.5. The van der Waals surface area contributed by atoms with Crippen molar-refractivity contribution in [3.8, 4) is 0 Å². The van der Waals surface area contributed by atoms with Gasteiger partial charge in [0.05, 0.1) is 0 Å². The number of ether oxygens (including phenoxy) is 1. The fourth-order valence-electron chi connectivity index (χ4n) is 4.30. The van der Waals surface area contributed by atoms with Crippen LogP contribution >= 0.6 is 0 Å². The largest absolute Gasteiger partial charge is 0.480 e. The monoisotopic (exact) mass is 502 g/mol. The highest BCUT2D eigenvalue weighted by molar-refractivity contribution is 6.05. The molecule has 1 saturated heterocycles. The maximum Gasteiger partial charge on any atom is 0.407 e. The number of carboxylic acid groups (broad SMARTS) is 1. The Kier molecular flexibility index (Phi) is 8.54. The average molecular weight is 503 g/mol. The summed E-state index contributed by atoms with van der Waals surface area (Å²) in [7, 11) is 0. The van der Waals surface area contributed by atoms with Crippen LogP contribution in [0.1, 0.15) is 57.6 Å². The topological polar surface area (TPSA) is 145 Å². The first kappa shape index (κ1) is 27.0. The van der Waals surface area contributed by atoms with E-state index in [-0.39, 0.29) is 25.3 Å². The molecular formula is C25H34N4O7. The predicted molar refractivity (Wildman–Crippen MR) is 129 cm³/mol. The third-order valence-corrected chi connectivity index (χ3v) is 6.06. The zero-order valence-corrected chi connectivity index (χ0v) is 20.9. The van der Waals surface area contributed by atoms with Crippen molar-refractivity contribution in [3.05, 3.63) is 35.4 Å². The first-order chi connectivity index (χ1) is 17.0. The maximum atomic E-state index is 12.8. The number of benzene rings is 1. The van der Waals surface area contributed by atoms with Crippen LogP contribution in [0.25, 0.3) is 0 Å². The highest BCUT2D eigenvalue weighted by atomic mass is 16.6. The zero-order valence-electron chi connectivity index (χ0n) is 20.9. The predicted octanol–water partition coefficient (Wildman–Crippen LogP) is 2.03. The molecule has 0 unspecified atom stereocenters. The van der Waals surface area contributed by atoms with E-state index in [1.165, 1.54) is 4.90 Å². The number of hydrogen-bond acceptors (Lipinski definition) is 6. The van der Waals surface area contributed by atoms with Crippen molar-refractivity contribution in [2.24, 2.45) is 0 Å². The third-order valence-electron chi connectivity index (χ3n) is 6.06. The van der Waals surface area contributed by atoms with Crippen LogP contribution < -0.4 is 10.6 Å². The number of nitrogens with zero attached hydrogens (tertiary/aromatic N) is 2. The highest BCUT2D eigenvalue weighted by Gasteiger charge is 2.46. The summed E-state index contributed by atoms with van der Waals surface area (Å²) < 4.78 is 5.13. The lowest BCUT2D eigenvalue weighted by atomic mass is 9.95. The molecule has 36 heavy (non-hydrogen) atoms. The van der Waals surface area contributed by atoms with Crippen LogP contribution in [0.2, 0.25) is 0 Å². The summed E-state index contributed by atoms with van der Waals surface area (Å²) in [6, 6.07) is 5.55. The number of carbonyl (C=O) groups excluding carboxylic acids is 4. The van der Waals surface area contributed by atoms with Crippen LogP contribution in [-0.2, 0) is 32.1 Å². The first-order valence-electron chi connectivity index (χ1n) is 12.1. The van der Waals surface area contributed by atoms with Crippen LogP contribution in [0.15, 0.2) is 24.3 Å². The van der Waals surface area contributed by atoms with Crippen molar-refractivity contribution >= 4 is 29.9 Å². The van der Waals surface area contributed by atoms with E-state index < -0.39 is 41.7 Å². The molecule has 0 spiro atoms. The lowest BCUT2D eigenvalue weighted by Gasteiger charge is -2.28.